The lowest BCUT2D eigenvalue weighted by molar-refractivity contribution is 0.248. The molecule has 5 rings (SSSR count). The highest BCUT2D eigenvalue weighted by atomic mass is 32.2. The van der Waals surface area contributed by atoms with Gasteiger partial charge in [-0.3, -0.25) is 0 Å². The van der Waals surface area contributed by atoms with Crippen molar-refractivity contribution in [1.82, 2.24) is 19.9 Å². The standard InChI is InChI=1S/C26H28FN5O2S/c1-18-16-21-22(29-18)6-7-23(25(21)27)34-24-8-9-28-26(31-24)30-19-4-2-5-20(17-19)33-13-3-10-32-11-14-35-15-12-32/h2,4-9,16-17,29H,3,10-15H2,1H3,(H,28,30,31). The summed E-state index contributed by atoms with van der Waals surface area (Å²) in [6, 6.07) is 14.4. The van der Waals surface area contributed by atoms with Gasteiger partial charge in [0.05, 0.1) is 6.61 Å². The molecule has 2 aromatic carbocycles. The van der Waals surface area contributed by atoms with Crippen molar-refractivity contribution in [2.45, 2.75) is 13.3 Å². The molecule has 1 aliphatic heterocycles. The largest absolute Gasteiger partial charge is 0.493 e. The number of rotatable bonds is 9. The molecule has 0 atom stereocenters. The van der Waals surface area contributed by atoms with Gasteiger partial charge in [0.15, 0.2) is 11.6 Å². The number of H-pyrrole nitrogens is 1. The number of benzene rings is 2. The molecule has 35 heavy (non-hydrogen) atoms. The Labute approximate surface area is 208 Å². The minimum absolute atomic E-state index is 0.111. The molecule has 1 aliphatic rings. The average Bonchev–Trinajstić information content (AvgIpc) is 3.26. The maximum atomic E-state index is 14.9. The van der Waals surface area contributed by atoms with Crippen molar-refractivity contribution in [1.29, 1.82) is 0 Å². The smallest absolute Gasteiger partial charge is 0.230 e. The molecule has 7 nitrogen and oxygen atoms in total. The average molecular weight is 494 g/mol. The van der Waals surface area contributed by atoms with Crippen molar-refractivity contribution in [3.8, 4) is 17.4 Å². The van der Waals surface area contributed by atoms with Gasteiger partial charge in [0.2, 0.25) is 11.8 Å². The van der Waals surface area contributed by atoms with Crippen LogP contribution in [0.1, 0.15) is 12.1 Å². The number of aromatic amines is 1. The van der Waals surface area contributed by atoms with Crippen LogP contribution in [0.3, 0.4) is 0 Å². The topological polar surface area (TPSA) is 75.3 Å². The number of nitrogens with one attached hydrogen (secondary N) is 2. The number of ether oxygens (including phenoxy) is 2. The molecule has 1 fully saturated rings. The quantitative estimate of drug-likeness (QED) is 0.287. The molecule has 2 aromatic heterocycles. The first kappa shape index (κ1) is 23.4. The molecule has 3 heterocycles. The zero-order chi connectivity index (χ0) is 24.0. The van der Waals surface area contributed by atoms with Crippen molar-refractivity contribution in [2.24, 2.45) is 0 Å². The number of thioether (sulfide) groups is 1. The summed E-state index contributed by atoms with van der Waals surface area (Å²) in [4.78, 5) is 14.3. The number of hydrogen-bond donors (Lipinski definition) is 2. The van der Waals surface area contributed by atoms with Gasteiger partial charge in [-0.25, -0.2) is 9.37 Å². The molecule has 0 radical (unpaired) electrons. The lowest BCUT2D eigenvalue weighted by Crippen LogP contribution is -2.33. The molecule has 0 unspecified atom stereocenters. The van der Waals surface area contributed by atoms with Crippen LogP contribution in [-0.4, -0.2) is 57.6 Å². The van der Waals surface area contributed by atoms with Crippen molar-refractivity contribution in [3.63, 3.8) is 0 Å². The van der Waals surface area contributed by atoms with Crippen LogP contribution in [0, 0.1) is 12.7 Å². The summed E-state index contributed by atoms with van der Waals surface area (Å²) in [5.74, 6) is 3.51. The van der Waals surface area contributed by atoms with E-state index in [0.717, 1.165) is 35.6 Å². The van der Waals surface area contributed by atoms with Gasteiger partial charge in [-0.2, -0.15) is 16.7 Å². The van der Waals surface area contributed by atoms with Crippen LogP contribution in [0.25, 0.3) is 10.9 Å². The number of hydrogen-bond acceptors (Lipinski definition) is 7. The predicted octanol–water partition coefficient (Wildman–Crippen LogP) is 5.76. The lowest BCUT2D eigenvalue weighted by Gasteiger charge is -2.25. The van der Waals surface area contributed by atoms with E-state index in [2.05, 4.69) is 25.2 Å². The zero-order valence-electron chi connectivity index (χ0n) is 19.6. The van der Waals surface area contributed by atoms with Crippen LogP contribution >= 0.6 is 11.8 Å². The molecule has 4 aromatic rings. The fourth-order valence-corrected chi connectivity index (χ4v) is 5.01. The van der Waals surface area contributed by atoms with Gasteiger partial charge in [-0.1, -0.05) is 6.07 Å². The van der Waals surface area contributed by atoms with E-state index in [1.807, 2.05) is 43.0 Å². The van der Waals surface area contributed by atoms with Gasteiger partial charge in [-0.05, 0) is 43.7 Å². The Hall–Kier alpha value is -3.30. The van der Waals surface area contributed by atoms with E-state index in [0.29, 0.717) is 17.9 Å². The van der Waals surface area contributed by atoms with Crippen LogP contribution in [0.15, 0.2) is 54.7 Å². The van der Waals surface area contributed by atoms with Gasteiger partial charge in [-0.15, -0.1) is 0 Å². The Morgan fingerprint density at radius 2 is 2.03 bits per heavy atom. The van der Waals surface area contributed by atoms with E-state index in [4.69, 9.17) is 9.47 Å². The van der Waals surface area contributed by atoms with Gasteiger partial charge in [0.1, 0.15) is 5.75 Å². The van der Waals surface area contributed by atoms with Crippen molar-refractivity contribution >= 4 is 34.3 Å². The van der Waals surface area contributed by atoms with Gasteiger partial charge >= 0.3 is 0 Å². The Balaban J connectivity index is 1.19. The summed E-state index contributed by atoms with van der Waals surface area (Å²) in [6.07, 6.45) is 2.57. The molecule has 0 bridgehead atoms. The molecular formula is C26H28FN5O2S. The molecule has 0 spiro atoms. The monoisotopic (exact) mass is 493 g/mol. The van der Waals surface area contributed by atoms with Crippen LogP contribution in [0.4, 0.5) is 16.0 Å². The van der Waals surface area contributed by atoms with Crippen LogP contribution < -0.4 is 14.8 Å². The first-order valence-electron chi connectivity index (χ1n) is 11.7. The summed E-state index contributed by atoms with van der Waals surface area (Å²) in [5.41, 5.74) is 2.41. The highest BCUT2D eigenvalue weighted by Gasteiger charge is 2.13. The number of aryl methyl sites for hydroxylation is 1. The Morgan fingerprint density at radius 3 is 2.91 bits per heavy atom. The van der Waals surface area contributed by atoms with E-state index >= 15 is 0 Å². The third kappa shape index (κ3) is 6.04. The number of aromatic nitrogens is 3. The third-order valence-electron chi connectivity index (χ3n) is 5.76. The summed E-state index contributed by atoms with van der Waals surface area (Å²) in [5, 5.41) is 3.65. The number of anilines is 2. The molecule has 0 aliphatic carbocycles. The molecule has 1 saturated heterocycles. The first-order valence-corrected chi connectivity index (χ1v) is 12.9. The fraction of sp³-hybridized carbons (Fsp3) is 0.308. The molecular weight excluding hydrogens is 465 g/mol. The van der Waals surface area contributed by atoms with Crippen LogP contribution in [-0.2, 0) is 0 Å². The maximum Gasteiger partial charge on any atom is 0.230 e. The van der Waals surface area contributed by atoms with Crippen molar-refractivity contribution < 1.29 is 13.9 Å². The lowest BCUT2D eigenvalue weighted by atomic mass is 10.2. The minimum atomic E-state index is -0.427. The van der Waals surface area contributed by atoms with E-state index < -0.39 is 5.82 Å². The van der Waals surface area contributed by atoms with E-state index in [-0.39, 0.29) is 11.6 Å². The van der Waals surface area contributed by atoms with Crippen molar-refractivity contribution in [2.75, 3.05) is 43.1 Å². The van der Waals surface area contributed by atoms with Crippen LogP contribution in [0.2, 0.25) is 0 Å². The Morgan fingerprint density at radius 1 is 1.14 bits per heavy atom. The SMILES string of the molecule is Cc1cc2c(F)c(Oc3ccnc(Nc4cccc(OCCCN5CCSCC5)c4)n3)ccc2[nH]1. The summed E-state index contributed by atoms with van der Waals surface area (Å²) < 4.78 is 26.6. The number of fused-ring (bicyclic) bond motifs is 1. The number of halogens is 1. The highest BCUT2D eigenvalue weighted by molar-refractivity contribution is 7.99. The Bertz CT molecular complexity index is 1290. The fourth-order valence-electron chi connectivity index (χ4n) is 4.03. The maximum absolute atomic E-state index is 14.9. The molecule has 9 heteroatoms. The highest BCUT2D eigenvalue weighted by Crippen LogP contribution is 2.30. The van der Waals surface area contributed by atoms with Gasteiger partial charge in [0.25, 0.3) is 0 Å². The summed E-state index contributed by atoms with van der Waals surface area (Å²) >= 11 is 2.02. The third-order valence-corrected chi connectivity index (χ3v) is 6.71. The second-order valence-electron chi connectivity index (χ2n) is 8.42. The molecule has 0 saturated carbocycles. The summed E-state index contributed by atoms with van der Waals surface area (Å²) in [7, 11) is 0. The Kier molecular flexibility index (Phi) is 7.34. The molecule has 2 N–H and O–H groups in total. The minimum Gasteiger partial charge on any atom is -0.493 e. The molecule has 182 valence electrons. The summed E-state index contributed by atoms with van der Waals surface area (Å²) in [6.45, 7) is 5.96. The second-order valence-corrected chi connectivity index (χ2v) is 9.65. The predicted molar refractivity (Wildman–Crippen MR) is 139 cm³/mol. The zero-order valence-corrected chi connectivity index (χ0v) is 20.4. The van der Waals surface area contributed by atoms with E-state index in [9.17, 15) is 4.39 Å². The van der Waals surface area contributed by atoms with Gasteiger partial charge < -0.3 is 24.7 Å². The van der Waals surface area contributed by atoms with E-state index in [1.165, 1.54) is 24.6 Å². The van der Waals surface area contributed by atoms with Crippen molar-refractivity contribution in [3.05, 3.63) is 66.2 Å². The molecule has 0 amide bonds. The van der Waals surface area contributed by atoms with Crippen LogP contribution in [0.5, 0.6) is 17.4 Å². The first-order chi connectivity index (χ1) is 17.1. The second kappa shape index (κ2) is 11.0. The van der Waals surface area contributed by atoms with Gasteiger partial charge in [0, 0.05) is 71.8 Å². The normalized spacial score (nSPS) is 14.2. The van der Waals surface area contributed by atoms with E-state index in [1.54, 1.807) is 30.5 Å². The number of nitrogens with zero attached hydrogens (tertiary/aromatic N) is 3.